The van der Waals surface area contributed by atoms with Crippen molar-refractivity contribution < 1.29 is 19.1 Å². The Labute approximate surface area is 177 Å². The summed E-state index contributed by atoms with van der Waals surface area (Å²) in [6, 6.07) is 9.11. The number of aryl methyl sites for hydroxylation is 1. The van der Waals surface area contributed by atoms with Crippen molar-refractivity contribution in [1.82, 2.24) is 14.8 Å². The summed E-state index contributed by atoms with van der Waals surface area (Å²) in [6.07, 6.45) is 2.13. The molecule has 0 radical (unpaired) electrons. The van der Waals surface area contributed by atoms with Crippen molar-refractivity contribution in [2.24, 2.45) is 0 Å². The molecule has 0 unspecified atom stereocenters. The lowest BCUT2D eigenvalue weighted by molar-refractivity contribution is -0.121. The number of nitrogens with zero attached hydrogens (tertiary/aromatic N) is 2. The second-order valence-corrected chi connectivity index (χ2v) is 7.56. The third-order valence-electron chi connectivity index (χ3n) is 5.45. The number of carbonyl (C=O) groups is 3. The first-order chi connectivity index (χ1) is 14.4. The SMILES string of the molecule is CCOC(=O)c1cc(C)n(CC(=O)NCc2ccc(C(=O)N3CCCC3)cc2)c1C. The van der Waals surface area contributed by atoms with Crippen molar-refractivity contribution in [3.63, 3.8) is 0 Å². The van der Waals surface area contributed by atoms with E-state index in [1.807, 2.05) is 43.0 Å². The first kappa shape index (κ1) is 21.6. The number of hydrogen-bond donors (Lipinski definition) is 1. The van der Waals surface area contributed by atoms with Crippen molar-refractivity contribution in [2.45, 2.75) is 46.7 Å². The standard InChI is InChI=1S/C23H29N3O4/c1-4-30-23(29)20-13-16(2)26(17(20)3)15-21(27)24-14-18-7-9-19(10-8-18)22(28)25-11-5-6-12-25/h7-10,13H,4-6,11-12,14-15H2,1-3H3,(H,24,27). The minimum Gasteiger partial charge on any atom is -0.462 e. The first-order valence-electron chi connectivity index (χ1n) is 10.4. The van der Waals surface area contributed by atoms with E-state index in [2.05, 4.69) is 5.32 Å². The number of likely N-dealkylation sites (tertiary alicyclic amines) is 1. The van der Waals surface area contributed by atoms with Gasteiger partial charge in [0.1, 0.15) is 6.54 Å². The average molecular weight is 412 g/mol. The Morgan fingerprint density at radius 2 is 1.73 bits per heavy atom. The molecule has 7 heteroatoms. The number of benzene rings is 1. The second kappa shape index (κ2) is 9.61. The summed E-state index contributed by atoms with van der Waals surface area (Å²) in [4.78, 5) is 38.7. The summed E-state index contributed by atoms with van der Waals surface area (Å²) in [6.45, 7) is 7.90. The molecule has 30 heavy (non-hydrogen) atoms. The third kappa shape index (κ3) is 4.90. The Morgan fingerprint density at radius 1 is 1.07 bits per heavy atom. The predicted molar refractivity (Wildman–Crippen MR) is 113 cm³/mol. The van der Waals surface area contributed by atoms with Crippen LogP contribution in [0.1, 0.15) is 57.4 Å². The monoisotopic (exact) mass is 411 g/mol. The molecule has 1 N–H and O–H groups in total. The van der Waals surface area contributed by atoms with Gasteiger partial charge < -0.3 is 19.5 Å². The van der Waals surface area contributed by atoms with E-state index in [0.29, 0.717) is 30.0 Å². The summed E-state index contributed by atoms with van der Waals surface area (Å²) in [5.74, 6) is -0.454. The lowest BCUT2D eigenvalue weighted by Gasteiger charge is -2.15. The summed E-state index contributed by atoms with van der Waals surface area (Å²) in [5, 5.41) is 2.90. The van der Waals surface area contributed by atoms with Gasteiger partial charge in [-0.1, -0.05) is 12.1 Å². The summed E-state index contributed by atoms with van der Waals surface area (Å²) in [5.41, 5.74) is 3.63. The molecule has 1 aliphatic heterocycles. The number of hydrogen-bond acceptors (Lipinski definition) is 4. The molecule has 7 nitrogen and oxygen atoms in total. The molecule has 1 aromatic heterocycles. The van der Waals surface area contributed by atoms with Crippen LogP contribution in [0.4, 0.5) is 0 Å². The summed E-state index contributed by atoms with van der Waals surface area (Å²) in [7, 11) is 0. The molecule has 0 aliphatic carbocycles. The predicted octanol–water partition coefficient (Wildman–Crippen LogP) is 2.83. The number of nitrogens with one attached hydrogen (secondary N) is 1. The van der Waals surface area contributed by atoms with Crippen LogP contribution in [0.25, 0.3) is 0 Å². The largest absolute Gasteiger partial charge is 0.462 e. The van der Waals surface area contributed by atoms with E-state index in [4.69, 9.17) is 4.74 Å². The van der Waals surface area contributed by atoms with Crippen LogP contribution in [0.2, 0.25) is 0 Å². The maximum atomic E-state index is 12.4. The molecule has 1 saturated heterocycles. The van der Waals surface area contributed by atoms with Gasteiger partial charge in [0.05, 0.1) is 12.2 Å². The molecule has 0 spiro atoms. The van der Waals surface area contributed by atoms with Crippen molar-refractivity contribution in [3.8, 4) is 0 Å². The van der Waals surface area contributed by atoms with Gasteiger partial charge in [-0.2, -0.15) is 0 Å². The van der Waals surface area contributed by atoms with Crippen LogP contribution in [0, 0.1) is 13.8 Å². The highest BCUT2D eigenvalue weighted by atomic mass is 16.5. The molecule has 160 valence electrons. The van der Waals surface area contributed by atoms with Crippen LogP contribution >= 0.6 is 0 Å². The first-order valence-corrected chi connectivity index (χ1v) is 10.4. The van der Waals surface area contributed by atoms with Crippen LogP contribution < -0.4 is 5.32 Å². The van der Waals surface area contributed by atoms with E-state index in [0.717, 1.165) is 37.2 Å². The number of ether oxygens (including phenoxy) is 1. The topological polar surface area (TPSA) is 80.6 Å². The van der Waals surface area contributed by atoms with Gasteiger partial charge in [-0.3, -0.25) is 9.59 Å². The van der Waals surface area contributed by atoms with Gasteiger partial charge >= 0.3 is 5.97 Å². The number of esters is 1. The normalized spacial score (nSPS) is 13.4. The lowest BCUT2D eigenvalue weighted by Crippen LogP contribution is -2.28. The molecule has 1 fully saturated rings. The fourth-order valence-corrected chi connectivity index (χ4v) is 3.73. The van der Waals surface area contributed by atoms with E-state index in [1.165, 1.54) is 0 Å². The zero-order chi connectivity index (χ0) is 21.7. The number of rotatable bonds is 7. The van der Waals surface area contributed by atoms with E-state index < -0.39 is 0 Å². The minimum absolute atomic E-state index is 0.0686. The Kier molecular flexibility index (Phi) is 6.92. The highest BCUT2D eigenvalue weighted by Gasteiger charge is 2.20. The molecule has 2 heterocycles. The van der Waals surface area contributed by atoms with E-state index in [9.17, 15) is 14.4 Å². The van der Waals surface area contributed by atoms with E-state index >= 15 is 0 Å². The Balaban J connectivity index is 1.56. The zero-order valence-electron chi connectivity index (χ0n) is 17.9. The van der Waals surface area contributed by atoms with Crippen LogP contribution in [0.15, 0.2) is 30.3 Å². The maximum absolute atomic E-state index is 12.4. The van der Waals surface area contributed by atoms with Crippen LogP contribution in [-0.2, 0) is 22.6 Å². The molecule has 0 atom stereocenters. The quantitative estimate of drug-likeness (QED) is 0.711. The van der Waals surface area contributed by atoms with Crippen LogP contribution in [-0.4, -0.2) is 46.9 Å². The molecule has 2 aromatic rings. The van der Waals surface area contributed by atoms with Gasteiger partial charge in [-0.25, -0.2) is 4.79 Å². The molecular weight excluding hydrogens is 382 g/mol. The molecule has 2 amide bonds. The Bertz CT molecular complexity index is 925. The molecule has 1 aliphatic rings. The summed E-state index contributed by atoms with van der Waals surface area (Å²) >= 11 is 0. The molecule has 3 rings (SSSR count). The number of amides is 2. The van der Waals surface area contributed by atoms with Crippen molar-refractivity contribution >= 4 is 17.8 Å². The van der Waals surface area contributed by atoms with Crippen molar-refractivity contribution in [3.05, 3.63) is 58.4 Å². The van der Waals surface area contributed by atoms with E-state index in [-0.39, 0.29) is 24.3 Å². The molecule has 0 saturated carbocycles. The number of aromatic nitrogens is 1. The number of carbonyl (C=O) groups excluding carboxylic acids is 3. The average Bonchev–Trinajstić information content (AvgIpc) is 3.37. The highest BCUT2D eigenvalue weighted by molar-refractivity contribution is 5.94. The van der Waals surface area contributed by atoms with Gasteiger partial charge in [-0.15, -0.1) is 0 Å². The van der Waals surface area contributed by atoms with Gasteiger partial charge in [0, 0.05) is 36.6 Å². The van der Waals surface area contributed by atoms with Crippen molar-refractivity contribution in [2.75, 3.05) is 19.7 Å². The summed E-state index contributed by atoms with van der Waals surface area (Å²) < 4.78 is 6.87. The fourth-order valence-electron chi connectivity index (χ4n) is 3.73. The molecule has 1 aromatic carbocycles. The van der Waals surface area contributed by atoms with Crippen LogP contribution in [0.5, 0.6) is 0 Å². The van der Waals surface area contributed by atoms with Crippen molar-refractivity contribution in [1.29, 1.82) is 0 Å². The van der Waals surface area contributed by atoms with E-state index in [1.54, 1.807) is 17.6 Å². The maximum Gasteiger partial charge on any atom is 0.339 e. The van der Waals surface area contributed by atoms with Gasteiger partial charge in [0.25, 0.3) is 5.91 Å². The van der Waals surface area contributed by atoms with Gasteiger partial charge in [0.2, 0.25) is 5.91 Å². The Morgan fingerprint density at radius 3 is 2.37 bits per heavy atom. The smallest absolute Gasteiger partial charge is 0.339 e. The van der Waals surface area contributed by atoms with Gasteiger partial charge in [-0.05, 0) is 57.4 Å². The Hall–Kier alpha value is -3.09. The lowest BCUT2D eigenvalue weighted by atomic mass is 10.1. The molecule has 0 bridgehead atoms. The van der Waals surface area contributed by atoms with Crippen LogP contribution in [0.3, 0.4) is 0 Å². The minimum atomic E-state index is -0.374. The fraction of sp³-hybridized carbons (Fsp3) is 0.435. The third-order valence-corrected chi connectivity index (χ3v) is 5.45. The second-order valence-electron chi connectivity index (χ2n) is 7.56. The van der Waals surface area contributed by atoms with Gasteiger partial charge in [0.15, 0.2) is 0 Å². The zero-order valence-corrected chi connectivity index (χ0v) is 17.9. The highest BCUT2D eigenvalue weighted by Crippen LogP contribution is 2.16. The molecular formula is C23H29N3O4.